The van der Waals surface area contributed by atoms with Gasteiger partial charge in [0, 0.05) is 13.0 Å². The first-order chi connectivity index (χ1) is 10.7. The average molecular weight is 299 g/mol. The molecule has 22 heavy (non-hydrogen) atoms. The van der Waals surface area contributed by atoms with Gasteiger partial charge in [-0.15, -0.1) is 0 Å². The monoisotopic (exact) mass is 299 g/mol. The molecular formula is C19H25NO2. The van der Waals surface area contributed by atoms with Crippen LogP contribution in [0.2, 0.25) is 0 Å². The number of hydrogen-bond acceptors (Lipinski definition) is 3. The van der Waals surface area contributed by atoms with E-state index < -0.39 is 0 Å². The summed E-state index contributed by atoms with van der Waals surface area (Å²) in [4.78, 5) is 0. The van der Waals surface area contributed by atoms with Gasteiger partial charge in [-0.05, 0) is 29.2 Å². The Kier molecular flexibility index (Phi) is 4.77. The van der Waals surface area contributed by atoms with Crippen LogP contribution in [-0.2, 0) is 15.9 Å². The lowest BCUT2D eigenvalue weighted by Gasteiger charge is -2.39. The predicted octanol–water partition coefficient (Wildman–Crippen LogP) is 3.15. The molecule has 1 heterocycles. The predicted molar refractivity (Wildman–Crippen MR) is 89.9 cm³/mol. The van der Waals surface area contributed by atoms with E-state index in [-0.39, 0.29) is 18.2 Å². The average Bonchev–Trinajstić information content (AvgIpc) is 2.54. The fourth-order valence-electron chi connectivity index (χ4n) is 3.44. The zero-order valence-corrected chi connectivity index (χ0v) is 13.4. The second-order valence-corrected chi connectivity index (χ2v) is 6.35. The van der Waals surface area contributed by atoms with Gasteiger partial charge in [0.05, 0.1) is 24.9 Å². The third-order valence-electron chi connectivity index (χ3n) is 4.75. The van der Waals surface area contributed by atoms with Crippen LogP contribution >= 0.6 is 0 Å². The molecule has 3 nitrogen and oxygen atoms in total. The third kappa shape index (κ3) is 3.17. The first-order valence-electron chi connectivity index (χ1n) is 8.06. The molecule has 3 heteroatoms. The lowest BCUT2D eigenvalue weighted by molar-refractivity contribution is -0.108. The standard InChI is InChI=1S/C19H25NO2/c1-13-12-22-17(18(20)19(13)21-2)10-8-14-7-9-15-5-3-4-6-16(15)11-14/h3-7,9,11,13,17-19H,8,10,12,20H2,1-2H3/t13-,17-,18+,19-/m0/s1. The Bertz CT molecular complexity index is 628. The quantitative estimate of drug-likeness (QED) is 0.943. The number of ether oxygens (including phenoxy) is 2. The molecular weight excluding hydrogens is 274 g/mol. The molecule has 118 valence electrons. The van der Waals surface area contributed by atoms with Crippen molar-refractivity contribution in [2.75, 3.05) is 13.7 Å². The smallest absolute Gasteiger partial charge is 0.0794 e. The Morgan fingerprint density at radius 1 is 1.18 bits per heavy atom. The number of nitrogens with two attached hydrogens (primary N) is 1. The molecule has 0 saturated carbocycles. The van der Waals surface area contributed by atoms with Crippen LogP contribution in [0, 0.1) is 5.92 Å². The van der Waals surface area contributed by atoms with Crippen LogP contribution in [0.25, 0.3) is 10.8 Å². The van der Waals surface area contributed by atoms with Crippen LogP contribution in [0.15, 0.2) is 42.5 Å². The maximum Gasteiger partial charge on any atom is 0.0794 e. The molecule has 3 rings (SSSR count). The second kappa shape index (κ2) is 6.78. The van der Waals surface area contributed by atoms with E-state index in [4.69, 9.17) is 15.2 Å². The summed E-state index contributed by atoms with van der Waals surface area (Å²) < 4.78 is 11.5. The maximum absolute atomic E-state index is 6.33. The van der Waals surface area contributed by atoms with Crippen LogP contribution in [0.3, 0.4) is 0 Å². The van der Waals surface area contributed by atoms with E-state index in [0.29, 0.717) is 5.92 Å². The maximum atomic E-state index is 6.33. The normalized spacial score (nSPS) is 28.9. The number of rotatable bonds is 4. The van der Waals surface area contributed by atoms with Gasteiger partial charge in [0.25, 0.3) is 0 Å². The van der Waals surface area contributed by atoms with Crippen molar-refractivity contribution in [2.24, 2.45) is 11.7 Å². The molecule has 0 aromatic heterocycles. The van der Waals surface area contributed by atoms with Crippen LogP contribution in [0.5, 0.6) is 0 Å². The van der Waals surface area contributed by atoms with Crippen molar-refractivity contribution in [1.82, 2.24) is 0 Å². The lowest BCUT2D eigenvalue weighted by Crippen LogP contribution is -2.55. The van der Waals surface area contributed by atoms with Crippen LogP contribution in [-0.4, -0.2) is 32.0 Å². The molecule has 0 spiro atoms. The van der Waals surface area contributed by atoms with Gasteiger partial charge in [-0.1, -0.05) is 49.4 Å². The van der Waals surface area contributed by atoms with E-state index in [1.807, 2.05) is 0 Å². The van der Waals surface area contributed by atoms with Crippen molar-refractivity contribution in [1.29, 1.82) is 0 Å². The highest BCUT2D eigenvalue weighted by Crippen LogP contribution is 2.24. The highest BCUT2D eigenvalue weighted by molar-refractivity contribution is 5.82. The molecule has 0 aliphatic carbocycles. The summed E-state index contributed by atoms with van der Waals surface area (Å²) in [5.41, 5.74) is 7.66. The topological polar surface area (TPSA) is 44.5 Å². The Hall–Kier alpha value is -1.42. The van der Waals surface area contributed by atoms with Crippen molar-refractivity contribution in [3.63, 3.8) is 0 Å². The SMILES string of the molecule is CO[C@@H]1[C@H](N)[C@H](CCc2ccc3ccccc3c2)OC[C@@H]1C. The number of hydrogen-bond donors (Lipinski definition) is 1. The summed E-state index contributed by atoms with van der Waals surface area (Å²) in [6, 6.07) is 15.1. The summed E-state index contributed by atoms with van der Waals surface area (Å²) in [5.74, 6) is 0.358. The molecule has 1 aliphatic heterocycles. The van der Waals surface area contributed by atoms with Gasteiger partial charge < -0.3 is 15.2 Å². The molecule has 0 bridgehead atoms. The Morgan fingerprint density at radius 2 is 1.95 bits per heavy atom. The van der Waals surface area contributed by atoms with Gasteiger partial charge in [-0.25, -0.2) is 0 Å². The summed E-state index contributed by atoms with van der Waals surface area (Å²) in [6.07, 6.45) is 2.09. The van der Waals surface area contributed by atoms with Crippen LogP contribution in [0.4, 0.5) is 0 Å². The number of methoxy groups -OCH3 is 1. The molecule has 2 aromatic carbocycles. The molecule has 1 fully saturated rings. The Balaban J connectivity index is 1.66. The summed E-state index contributed by atoms with van der Waals surface area (Å²) in [7, 11) is 1.74. The molecule has 0 unspecified atom stereocenters. The van der Waals surface area contributed by atoms with Gasteiger partial charge in [0.2, 0.25) is 0 Å². The third-order valence-corrected chi connectivity index (χ3v) is 4.75. The van der Waals surface area contributed by atoms with Gasteiger partial charge in [-0.3, -0.25) is 0 Å². The van der Waals surface area contributed by atoms with Gasteiger partial charge in [0.1, 0.15) is 0 Å². The van der Waals surface area contributed by atoms with E-state index in [1.54, 1.807) is 7.11 Å². The second-order valence-electron chi connectivity index (χ2n) is 6.35. The largest absolute Gasteiger partial charge is 0.379 e. The number of aryl methyl sites for hydroxylation is 1. The molecule has 2 aromatic rings. The van der Waals surface area contributed by atoms with Crippen LogP contribution in [0.1, 0.15) is 18.9 Å². The molecule has 4 atom stereocenters. The van der Waals surface area contributed by atoms with Crippen molar-refractivity contribution in [3.05, 3.63) is 48.0 Å². The van der Waals surface area contributed by atoms with Crippen molar-refractivity contribution >= 4 is 10.8 Å². The zero-order valence-electron chi connectivity index (χ0n) is 13.4. The molecule has 0 amide bonds. The zero-order chi connectivity index (χ0) is 15.5. The molecule has 1 aliphatic rings. The van der Waals surface area contributed by atoms with E-state index in [2.05, 4.69) is 49.4 Å². The Labute approximate surface area is 132 Å². The van der Waals surface area contributed by atoms with E-state index >= 15 is 0 Å². The van der Waals surface area contributed by atoms with Gasteiger partial charge in [-0.2, -0.15) is 0 Å². The first-order valence-corrected chi connectivity index (χ1v) is 8.06. The van der Waals surface area contributed by atoms with Crippen molar-refractivity contribution in [3.8, 4) is 0 Å². The van der Waals surface area contributed by atoms with Crippen molar-refractivity contribution < 1.29 is 9.47 Å². The van der Waals surface area contributed by atoms with E-state index in [0.717, 1.165) is 19.4 Å². The lowest BCUT2D eigenvalue weighted by atomic mass is 9.89. The minimum atomic E-state index is -0.0470. The number of fused-ring (bicyclic) bond motifs is 1. The van der Waals surface area contributed by atoms with Crippen molar-refractivity contribution in [2.45, 2.75) is 38.0 Å². The highest BCUT2D eigenvalue weighted by Gasteiger charge is 2.35. The fourth-order valence-corrected chi connectivity index (χ4v) is 3.44. The fraction of sp³-hybridized carbons (Fsp3) is 0.474. The highest BCUT2D eigenvalue weighted by atomic mass is 16.5. The number of benzene rings is 2. The van der Waals surface area contributed by atoms with Gasteiger partial charge >= 0.3 is 0 Å². The Morgan fingerprint density at radius 3 is 2.73 bits per heavy atom. The molecule has 2 N–H and O–H groups in total. The summed E-state index contributed by atoms with van der Waals surface area (Å²) in [5, 5.41) is 2.57. The van der Waals surface area contributed by atoms with Crippen LogP contribution < -0.4 is 5.73 Å². The van der Waals surface area contributed by atoms with E-state index in [1.165, 1.54) is 16.3 Å². The van der Waals surface area contributed by atoms with E-state index in [9.17, 15) is 0 Å². The minimum absolute atomic E-state index is 0.0470. The first kappa shape index (κ1) is 15.5. The summed E-state index contributed by atoms with van der Waals surface area (Å²) >= 11 is 0. The minimum Gasteiger partial charge on any atom is -0.379 e. The molecule has 1 saturated heterocycles. The summed E-state index contributed by atoms with van der Waals surface area (Å²) in [6.45, 7) is 2.86. The molecule has 0 radical (unpaired) electrons. The van der Waals surface area contributed by atoms with Gasteiger partial charge in [0.15, 0.2) is 0 Å².